The van der Waals surface area contributed by atoms with Crippen molar-refractivity contribution in [3.63, 3.8) is 0 Å². The summed E-state index contributed by atoms with van der Waals surface area (Å²) in [5.74, 6) is 0.469. The van der Waals surface area contributed by atoms with Gasteiger partial charge in [-0.25, -0.2) is 17.4 Å². The number of imidazole rings is 1. The molecule has 0 fully saturated rings. The zero-order valence-electron chi connectivity index (χ0n) is 12.2. The van der Waals surface area contributed by atoms with E-state index >= 15 is 0 Å². The quantitative estimate of drug-likeness (QED) is 0.730. The average molecular weight is 300 g/mol. The molecule has 4 nitrogen and oxygen atoms in total. The molecule has 0 bridgehead atoms. The molecule has 3 rings (SSSR count). The zero-order valence-corrected chi connectivity index (χ0v) is 13.0. The van der Waals surface area contributed by atoms with E-state index in [4.69, 9.17) is 0 Å². The average Bonchev–Trinajstić information content (AvgIpc) is 2.74. The minimum absolute atomic E-state index is 0.319. The Morgan fingerprint density at radius 2 is 1.71 bits per heavy atom. The first-order valence-electron chi connectivity index (χ1n) is 6.68. The van der Waals surface area contributed by atoms with Gasteiger partial charge < -0.3 is 0 Å². The van der Waals surface area contributed by atoms with Crippen LogP contribution in [0.1, 0.15) is 17.0 Å². The first kappa shape index (κ1) is 13.8. The van der Waals surface area contributed by atoms with E-state index in [-0.39, 0.29) is 0 Å². The van der Waals surface area contributed by atoms with E-state index in [0.29, 0.717) is 21.8 Å². The Morgan fingerprint density at radius 1 is 1.00 bits per heavy atom. The summed E-state index contributed by atoms with van der Waals surface area (Å²) in [6.07, 6.45) is 0. The molecule has 0 amide bonds. The standard InChI is InChI=1S/C16H16N2O2S/c1-11-8-9-16(12(2)10-11)21(19,20)18-13(3)17-14-6-4-5-7-15(14)18/h4-10H,1-3H3. The lowest BCUT2D eigenvalue weighted by atomic mass is 10.2. The summed E-state index contributed by atoms with van der Waals surface area (Å²) in [7, 11) is -3.65. The molecule has 0 aliphatic carbocycles. The minimum Gasteiger partial charge on any atom is -0.232 e. The molecule has 2 aromatic carbocycles. The lowest BCUT2D eigenvalue weighted by molar-refractivity contribution is 0.587. The molecule has 1 heterocycles. The Kier molecular flexibility index (Phi) is 3.10. The van der Waals surface area contributed by atoms with Gasteiger partial charge in [0.15, 0.2) is 0 Å². The third kappa shape index (κ3) is 2.14. The SMILES string of the molecule is Cc1ccc(S(=O)(=O)n2c(C)nc3ccccc32)c(C)c1. The van der Waals surface area contributed by atoms with Crippen LogP contribution in [0.2, 0.25) is 0 Å². The molecule has 0 unspecified atom stereocenters. The molecule has 0 aliphatic heterocycles. The minimum atomic E-state index is -3.65. The number of fused-ring (bicyclic) bond motifs is 1. The third-order valence-electron chi connectivity index (χ3n) is 3.53. The predicted molar refractivity (Wildman–Crippen MR) is 83.0 cm³/mol. The molecule has 0 saturated carbocycles. The summed E-state index contributed by atoms with van der Waals surface area (Å²) >= 11 is 0. The van der Waals surface area contributed by atoms with Gasteiger partial charge in [-0.2, -0.15) is 0 Å². The second-order valence-electron chi connectivity index (χ2n) is 5.19. The molecular weight excluding hydrogens is 284 g/mol. The van der Waals surface area contributed by atoms with Gasteiger partial charge in [0.25, 0.3) is 10.0 Å². The third-order valence-corrected chi connectivity index (χ3v) is 5.48. The van der Waals surface area contributed by atoms with Gasteiger partial charge in [-0.05, 0) is 44.5 Å². The molecule has 108 valence electrons. The van der Waals surface area contributed by atoms with Crippen molar-refractivity contribution in [3.05, 3.63) is 59.4 Å². The highest BCUT2D eigenvalue weighted by Gasteiger charge is 2.23. The molecule has 0 N–H and O–H groups in total. The van der Waals surface area contributed by atoms with Crippen LogP contribution in [-0.2, 0) is 10.0 Å². The second-order valence-corrected chi connectivity index (χ2v) is 6.94. The van der Waals surface area contributed by atoms with E-state index in [1.807, 2.05) is 44.2 Å². The Morgan fingerprint density at radius 3 is 2.43 bits per heavy atom. The van der Waals surface area contributed by atoms with Crippen LogP contribution in [0.5, 0.6) is 0 Å². The van der Waals surface area contributed by atoms with Gasteiger partial charge in [0.05, 0.1) is 15.9 Å². The molecule has 1 aromatic heterocycles. The van der Waals surface area contributed by atoms with Crippen molar-refractivity contribution in [2.75, 3.05) is 0 Å². The molecule has 21 heavy (non-hydrogen) atoms. The molecule has 3 aromatic rings. The van der Waals surface area contributed by atoms with E-state index < -0.39 is 10.0 Å². The van der Waals surface area contributed by atoms with Crippen LogP contribution in [-0.4, -0.2) is 17.4 Å². The van der Waals surface area contributed by atoms with Crippen molar-refractivity contribution < 1.29 is 8.42 Å². The molecule has 5 heteroatoms. The van der Waals surface area contributed by atoms with Crippen molar-refractivity contribution in [1.29, 1.82) is 0 Å². The lowest BCUT2D eigenvalue weighted by Crippen LogP contribution is -2.15. The highest BCUT2D eigenvalue weighted by atomic mass is 32.2. The van der Waals surface area contributed by atoms with E-state index in [9.17, 15) is 8.42 Å². The smallest absolute Gasteiger partial charge is 0.232 e. The van der Waals surface area contributed by atoms with Crippen molar-refractivity contribution in [1.82, 2.24) is 8.96 Å². The summed E-state index contributed by atoms with van der Waals surface area (Å²) in [6, 6.07) is 12.6. The molecule has 0 spiro atoms. The van der Waals surface area contributed by atoms with Gasteiger partial charge in [0.1, 0.15) is 5.82 Å². The topological polar surface area (TPSA) is 52.0 Å². The van der Waals surface area contributed by atoms with Gasteiger partial charge in [-0.15, -0.1) is 0 Å². The highest BCUT2D eigenvalue weighted by Crippen LogP contribution is 2.25. The van der Waals surface area contributed by atoms with Gasteiger partial charge in [0, 0.05) is 0 Å². The van der Waals surface area contributed by atoms with Gasteiger partial charge in [0.2, 0.25) is 0 Å². The predicted octanol–water partition coefficient (Wildman–Crippen LogP) is 3.20. The van der Waals surface area contributed by atoms with E-state index in [0.717, 1.165) is 11.1 Å². The summed E-state index contributed by atoms with van der Waals surface area (Å²) in [5.41, 5.74) is 3.07. The summed E-state index contributed by atoms with van der Waals surface area (Å²) in [5, 5.41) is 0. The zero-order chi connectivity index (χ0) is 15.2. The molecular formula is C16H16N2O2S. The number of aromatic nitrogens is 2. The molecule has 0 aliphatic rings. The van der Waals surface area contributed by atoms with Crippen molar-refractivity contribution in [2.24, 2.45) is 0 Å². The number of nitrogens with zero attached hydrogens (tertiary/aromatic N) is 2. The first-order valence-corrected chi connectivity index (χ1v) is 8.12. The van der Waals surface area contributed by atoms with Crippen LogP contribution in [0, 0.1) is 20.8 Å². The number of hydrogen-bond acceptors (Lipinski definition) is 3. The fraction of sp³-hybridized carbons (Fsp3) is 0.188. The summed E-state index contributed by atoms with van der Waals surface area (Å²) in [6.45, 7) is 5.47. The van der Waals surface area contributed by atoms with E-state index in [1.54, 1.807) is 19.1 Å². The first-order chi connectivity index (χ1) is 9.91. The second kappa shape index (κ2) is 4.70. The molecule has 0 radical (unpaired) electrons. The van der Waals surface area contributed by atoms with Crippen LogP contribution in [0.3, 0.4) is 0 Å². The van der Waals surface area contributed by atoms with Crippen LogP contribution in [0.25, 0.3) is 11.0 Å². The van der Waals surface area contributed by atoms with Gasteiger partial charge in [-0.3, -0.25) is 0 Å². The molecule has 0 saturated heterocycles. The van der Waals surface area contributed by atoms with Crippen molar-refractivity contribution in [3.8, 4) is 0 Å². The van der Waals surface area contributed by atoms with Gasteiger partial charge in [-0.1, -0.05) is 29.8 Å². The van der Waals surface area contributed by atoms with Crippen molar-refractivity contribution in [2.45, 2.75) is 25.7 Å². The summed E-state index contributed by atoms with van der Waals surface area (Å²) < 4.78 is 27.3. The van der Waals surface area contributed by atoms with E-state index in [1.165, 1.54) is 3.97 Å². The van der Waals surface area contributed by atoms with Crippen LogP contribution < -0.4 is 0 Å². The largest absolute Gasteiger partial charge is 0.269 e. The maximum Gasteiger partial charge on any atom is 0.269 e. The van der Waals surface area contributed by atoms with Crippen LogP contribution in [0.4, 0.5) is 0 Å². The Bertz CT molecular complexity index is 940. The number of benzene rings is 2. The van der Waals surface area contributed by atoms with Crippen LogP contribution >= 0.6 is 0 Å². The maximum absolute atomic E-state index is 13.0. The van der Waals surface area contributed by atoms with Gasteiger partial charge >= 0.3 is 0 Å². The Hall–Kier alpha value is -2.14. The summed E-state index contributed by atoms with van der Waals surface area (Å²) in [4.78, 5) is 4.65. The van der Waals surface area contributed by atoms with Crippen molar-refractivity contribution >= 4 is 21.1 Å². The Labute approximate surface area is 124 Å². The number of para-hydroxylation sites is 2. The fourth-order valence-corrected chi connectivity index (χ4v) is 4.32. The molecule has 0 atom stereocenters. The highest BCUT2D eigenvalue weighted by molar-refractivity contribution is 7.90. The van der Waals surface area contributed by atoms with Crippen LogP contribution in [0.15, 0.2) is 47.4 Å². The number of rotatable bonds is 2. The number of hydrogen-bond donors (Lipinski definition) is 0. The monoisotopic (exact) mass is 300 g/mol. The van der Waals surface area contributed by atoms with E-state index in [2.05, 4.69) is 4.98 Å². The lowest BCUT2D eigenvalue weighted by Gasteiger charge is -2.11. The number of aryl methyl sites for hydroxylation is 3. The fourth-order valence-electron chi connectivity index (χ4n) is 2.61. The Balaban J connectivity index is 2.33. The maximum atomic E-state index is 13.0. The normalized spacial score (nSPS) is 12.0.